The molecule has 1 rings (SSSR count). The molecule has 0 aromatic heterocycles. The van der Waals surface area contributed by atoms with Gasteiger partial charge in [0.2, 0.25) is 0 Å². The standard InChI is InChI=1S/C29H53NO/c1-9-10-11-12-13-14-15-16-17-18-19-30(7,8)23-25-21-26(20-24(2)3)28(31)27(22-25)29(4,5)6/h21-22,24H,9-20,23H2,1-8H3/p+1. The Kier molecular flexibility index (Phi) is 12.2. The number of nitrogens with zero attached hydrogens (tertiary/aromatic N) is 1. The minimum Gasteiger partial charge on any atom is -0.507 e. The average Bonchev–Trinajstić information content (AvgIpc) is 2.64. The molecule has 2 heteroatoms. The van der Waals surface area contributed by atoms with Crippen LogP contribution in [0, 0.1) is 5.92 Å². The third-order valence-corrected chi connectivity index (χ3v) is 6.41. The van der Waals surface area contributed by atoms with Gasteiger partial charge in [-0.05, 0) is 53.9 Å². The molecule has 0 saturated carbocycles. The van der Waals surface area contributed by atoms with E-state index in [1.54, 1.807) is 0 Å². The minimum absolute atomic E-state index is 0.0422. The van der Waals surface area contributed by atoms with Crippen molar-refractivity contribution >= 4 is 0 Å². The molecular weight excluding hydrogens is 378 g/mol. The zero-order valence-corrected chi connectivity index (χ0v) is 22.3. The summed E-state index contributed by atoms with van der Waals surface area (Å²) in [6.07, 6.45) is 14.9. The smallest absolute Gasteiger partial charge is 0.122 e. The van der Waals surface area contributed by atoms with E-state index in [1.165, 1.54) is 76.3 Å². The molecule has 0 aliphatic rings. The summed E-state index contributed by atoms with van der Waals surface area (Å²) in [6, 6.07) is 4.53. The van der Waals surface area contributed by atoms with Crippen LogP contribution in [-0.2, 0) is 18.4 Å². The predicted octanol–water partition coefficient (Wildman–Crippen LogP) is 8.39. The van der Waals surface area contributed by atoms with Crippen molar-refractivity contribution in [3.63, 3.8) is 0 Å². The molecule has 0 atom stereocenters. The molecule has 0 spiro atoms. The molecule has 0 bridgehead atoms. The highest BCUT2D eigenvalue weighted by Crippen LogP contribution is 2.36. The van der Waals surface area contributed by atoms with Crippen molar-refractivity contribution in [3.8, 4) is 5.75 Å². The Balaban J connectivity index is 2.57. The van der Waals surface area contributed by atoms with E-state index < -0.39 is 0 Å². The number of benzene rings is 1. The van der Waals surface area contributed by atoms with Gasteiger partial charge in [0.15, 0.2) is 0 Å². The first-order valence-electron chi connectivity index (χ1n) is 13.1. The summed E-state index contributed by atoms with van der Waals surface area (Å²) < 4.78 is 1.02. The molecule has 0 aliphatic carbocycles. The number of quaternary nitrogens is 1. The lowest BCUT2D eigenvalue weighted by Crippen LogP contribution is -2.39. The zero-order chi connectivity index (χ0) is 23.5. The second kappa shape index (κ2) is 13.5. The van der Waals surface area contributed by atoms with Crippen molar-refractivity contribution in [1.29, 1.82) is 0 Å². The first-order chi connectivity index (χ1) is 14.5. The highest BCUT2D eigenvalue weighted by Gasteiger charge is 2.24. The fourth-order valence-corrected chi connectivity index (χ4v) is 4.62. The number of unbranched alkanes of at least 4 members (excludes halogenated alkanes) is 9. The van der Waals surface area contributed by atoms with Gasteiger partial charge in [-0.15, -0.1) is 0 Å². The Morgan fingerprint density at radius 1 is 0.839 bits per heavy atom. The van der Waals surface area contributed by atoms with E-state index in [4.69, 9.17) is 0 Å². The second-order valence-corrected chi connectivity index (χ2v) is 12.0. The van der Waals surface area contributed by atoms with Gasteiger partial charge >= 0.3 is 0 Å². The number of hydrogen-bond donors (Lipinski definition) is 1. The summed E-state index contributed by atoms with van der Waals surface area (Å²) in [5.74, 6) is 1.06. The highest BCUT2D eigenvalue weighted by molar-refractivity contribution is 5.47. The highest BCUT2D eigenvalue weighted by atomic mass is 16.3. The van der Waals surface area contributed by atoms with Crippen LogP contribution in [0.15, 0.2) is 12.1 Å². The molecule has 0 fully saturated rings. The third-order valence-electron chi connectivity index (χ3n) is 6.41. The third kappa shape index (κ3) is 11.4. The lowest BCUT2D eigenvalue weighted by molar-refractivity contribution is -0.903. The number of aromatic hydroxyl groups is 1. The van der Waals surface area contributed by atoms with Gasteiger partial charge in [-0.1, -0.05) is 92.9 Å². The molecule has 1 N–H and O–H groups in total. The molecule has 0 radical (unpaired) electrons. The van der Waals surface area contributed by atoms with Gasteiger partial charge in [0, 0.05) is 5.56 Å². The number of rotatable bonds is 15. The predicted molar refractivity (Wildman–Crippen MR) is 138 cm³/mol. The van der Waals surface area contributed by atoms with Crippen LogP contribution >= 0.6 is 0 Å². The Morgan fingerprint density at radius 2 is 1.35 bits per heavy atom. The van der Waals surface area contributed by atoms with Gasteiger partial charge in [-0.3, -0.25) is 0 Å². The summed E-state index contributed by atoms with van der Waals surface area (Å²) in [6.45, 7) is 15.6. The first-order valence-corrected chi connectivity index (χ1v) is 13.1. The summed E-state index contributed by atoms with van der Waals surface area (Å²) >= 11 is 0. The van der Waals surface area contributed by atoms with Crippen molar-refractivity contribution in [1.82, 2.24) is 0 Å². The molecular formula is C29H54NO+. The lowest BCUT2D eigenvalue weighted by atomic mass is 9.83. The van der Waals surface area contributed by atoms with Crippen LogP contribution in [0.25, 0.3) is 0 Å². The molecule has 180 valence electrons. The maximum absolute atomic E-state index is 10.9. The maximum Gasteiger partial charge on any atom is 0.122 e. The molecule has 0 amide bonds. The molecule has 0 unspecified atom stereocenters. The van der Waals surface area contributed by atoms with E-state index >= 15 is 0 Å². The monoisotopic (exact) mass is 432 g/mol. The Morgan fingerprint density at radius 3 is 1.84 bits per heavy atom. The van der Waals surface area contributed by atoms with Crippen LogP contribution < -0.4 is 0 Å². The molecule has 31 heavy (non-hydrogen) atoms. The van der Waals surface area contributed by atoms with Gasteiger partial charge in [-0.2, -0.15) is 0 Å². The quantitative estimate of drug-likeness (QED) is 0.218. The van der Waals surface area contributed by atoms with Crippen LogP contribution in [0.2, 0.25) is 0 Å². The van der Waals surface area contributed by atoms with Gasteiger partial charge < -0.3 is 9.59 Å². The van der Waals surface area contributed by atoms with E-state index in [-0.39, 0.29) is 5.41 Å². The fourth-order valence-electron chi connectivity index (χ4n) is 4.62. The van der Waals surface area contributed by atoms with Crippen molar-refractivity contribution in [2.75, 3.05) is 20.6 Å². The van der Waals surface area contributed by atoms with Gasteiger partial charge in [0.1, 0.15) is 12.3 Å². The fraction of sp³-hybridized carbons (Fsp3) is 0.793. The van der Waals surface area contributed by atoms with Crippen molar-refractivity contribution < 1.29 is 9.59 Å². The van der Waals surface area contributed by atoms with Crippen LogP contribution in [0.5, 0.6) is 5.75 Å². The molecule has 1 aromatic rings. The van der Waals surface area contributed by atoms with Crippen molar-refractivity contribution in [3.05, 3.63) is 28.8 Å². The van der Waals surface area contributed by atoms with E-state index in [0.29, 0.717) is 11.7 Å². The van der Waals surface area contributed by atoms with E-state index in [0.717, 1.165) is 28.6 Å². The number of phenols is 1. The summed E-state index contributed by atoms with van der Waals surface area (Å²) in [7, 11) is 4.72. The normalized spacial score (nSPS) is 12.7. The lowest BCUT2D eigenvalue weighted by Gasteiger charge is -2.31. The summed E-state index contributed by atoms with van der Waals surface area (Å²) in [5.41, 5.74) is 3.55. The Labute approximate surface area is 195 Å². The number of phenolic OH excluding ortho intramolecular Hbond substituents is 1. The topological polar surface area (TPSA) is 20.2 Å². The van der Waals surface area contributed by atoms with E-state index in [9.17, 15) is 5.11 Å². The molecule has 0 saturated heterocycles. The molecule has 0 aliphatic heterocycles. The summed E-state index contributed by atoms with van der Waals surface area (Å²) in [4.78, 5) is 0. The SMILES string of the molecule is CCCCCCCCCCCC[N+](C)(C)Cc1cc(CC(C)C)c(O)c(C(C)(C)C)c1. The zero-order valence-electron chi connectivity index (χ0n) is 22.3. The van der Waals surface area contributed by atoms with Crippen LogP contribution in [0.1, 0.15) is 122 Å². The van der Waals surface area contributed by atoms with Crippen molar-refractivity contribution in [2.24, 2.45) is 5.92 Å². The molecule has 1 aromatic carbocycles. The first kappa shape index (κ1) is 28.0. The molecule has 2 nitrogen and oxygen atoms in total. The largest absolute Gasteiger partial charge is 0.507 e. The summed E-state index contributed by atoms with van der Waals surface area (Å²) in [5, 5.41) is 10.9. The second-order valence-electron chi connectivity index (χ2n) is 12.0. The van der Waals surface area contributed by atoms with Gasteiger partial charge in [0.25, 0.3) is 0 Å². The van der Waals surface area contributed by atoms with Crippen LogP contribution in [0.4, 0.5) is 0 Å². The Hall–Kier alpha value is -1.02. The van der Waals surface area contributed by atoms with Crippen molar-refractivity contribution in [2.45, 2.75) is 124 Å². The van der Waals surface area contributed by atoms with Gasteiger partial charge in [0.05, 0.1) is 20.6 Å². The van der Waals surface area contributed by atoms with Crippen LogP contribution in [-0.4, -0.2) is 30.2 Å². The molecule has 0 heterocycles. The van der Waals surface area contributed by atoms with E-state index in [1.807, 2.05) is 0 Å². The van der Waals surface area contributed by atoms with Gasteiger partial charge in [-0.25, -0.2) is 0 Å². The van der Waals surface area contributed by atoms with E-state index in [2.05, 4.69) is 67.8 Å². The van der Waals surface area contributed by atoms with Crippen LogP contribution in [0.3, 0.4) is 0 Å². The average molecular weight is 433 g/mol. The Bertz CT molecular complexity index is 624. The minimum atomic E-state index is -0.0422. The maximum atomic E-state index is 10.9. The number of hydrogen-bond acceptors (Lipinski definition) is 1.